The lowest BCUT2D eigenvalue weighted by Gasteiger charge is -2.32. The Morgan fingerprint density at radius 1 is 1.35 bits per heavy atom. The van der Waals surface area contributed by atoms with Crippen LogP contribution < -0.4 is 0 Å². The van der Waals surface area contributed by atoms with E-state index in [1.807, 2.05) is 20.8 Å². The van der Waals surface area contributed by atoms with Crippen molar-refractivity contribution in [2.24, 2.45) is 11.0 Å². The number of ether oxygens (including phenoxy) is 1. The van der Waals surface area contributed by atoms with Crippen molar-refractivity contribution in [2.75, 3.05) is 13.1 Å². The molecule has 0 radical (unpaired) electrons. The van der Waals surface area contributed by atoms with Crippen LogP contribution in [-0.2, 0) is 4.74 Å². The van der Waals surface area contributed by atoms with Crippen LogP contribution in [0.25, 0.3) is 0 Å². The van der Waals surface area contributed by atoms with Crippen molar-refractivity contribution in [1.29, 1.82) is 10.9 Å². The van der Waals surface area contributed by atoms with Crippen molar-refractivity contribution in [2.45, 2.75) is 39.2 Å². The third-order valence-electron chi connectivity index (χ3n) is 2.65. The molecule has 0 saturated carbocycles. The fraction of sp³-hybridized carbons (Fsp3) is 0.818. The molecule has 6 nitrogen and oxygen atoms in total. The number of nitrogens with zero attached hydrogens (tertiary/aromatic N) is 2. The first-order chi connectivity index (χ1) is 7.83. The van der Waals surface area contributed by atoms with Crippen LogP contribution in [0.4, 0.5) is 4.79 Å². The number of carbonyl (C=O) groups excluding carboxylic acids is 1. The van der Waals surface area contributed by atoms with Crippen molar-refractivity contribution in [1.82, 2.24) is 4.90 Å². The second-order valence-corrected chi connectivity index (χ2v) is 5.24. The van der Waals surface area contributed by atoms with Gasteiger partial charge in [0.05, 0.1) is 0 Å². The van der Waals surface area contributed by atoms with Gasteiger partial charge in [-0.25, -0.2) is 10.3 Å². The maximum absolute atomic E-state index is 11.7. The zero-order chi connectivity index (χ0) is 13.1. The van der Waals surface area contributed by atoms with Gasteiger partial charge < -0.3 is 9.64 Å². The van der Waals surface area contributed by atoms with Crippen LogP contribution in [0.2, 0.25) is 0 Å². The normalized spacial score (nSPS) is 17.7. The zero-order valence-electron chi connectivity index (χ0n) is 10.6. The summed E-state index contributed by atoms with van der Waals surface area (Å²) in [7, 11) is 0. The van der Waals surface area contributed by atoms with E-state index in [1.165, 1.54) is 0 Å². The van der Waals surface area contributed by atoms with Crippen LogP contribution in [-0.4, -0.2) is 35.5 Å². The fourth-order valence-electron chi connectivity index (χ4n) is 1.75. The molecule has 6 heteroatoms. The Balaban J connectivity index is 2.44. The quantitative estimate of drug-likeness (QED) is 0.419. The molecule has 0 bridgehead atoms. The van der Waals surface area contributed by atoms with Gasteiger partial charge in [0.15, 0.2) is 0 Å². The summed E-state index contributed by atoms with van der Waals surface area (Å²) < 4.78 is 5.27. The van der Waals surface area contributed by atoms with Gasteiger partial charge in [-0.2, -0.15) is 0 Å². The summed E-state index contributed by atoms with van der Waals surface area (Å²) in [5, 5.41) is 10.6. The van der Waals surface area contributed by atoms with Crippen LogP contribution >= 0.6 is 0 Å². The number of hydrogen-bond acceptors (Lipinski definition) is 4. The van der Waals surface area contributed by atoms with E-state index in [0.29, 0.717) is 25.9 Å². The third-order valence-corrected chi connectivity index (χ3v) is 2.65. The Morgan fingerprint density at radius 3 is 2.29 bits per heavy atom. The number of rotatable bonds is 1. The van der Waals surface area contributed by atoms with E-state index in [1.54, 1.807) is 4.90 Å². The monoisotopic (exact) mass is 240 g/mol. The first kappa shape index (κ1) is 13.6. The van der Waals surface area contributed by atoms with Crippen molar-refractivity contribution < 1.29 is 9.53 Å². The molecule has 0 spiro atoms. The van der Waals surface area contributed by atoms with Gasteiger partial charge in [-0.1, -0.05) is 0 Å². The maximum atomic E-state index is 11.7. The molecule has 0 aliphatic carbocycles. The van der Waals surface area contributed by atoms with Crippen LogP contribution in [0.5, 0.6) is 0 Å². The lowest BCUT2D eigenvalue weighted by Crippen LogP contribution is -2.42. The highest BCUT2D eigenvalue weighted by Gasteiger charge is 2.28. The second-order valence-electron chi connectivity index (χ2n) is 5.24. The van der Waals surface area contributed by atoms with E-state index in [-0.39, 0.29) is 17.8 Å². The molecule has 96 valence electrons. The molecule has 1 rings (SSSR count). The van der Waals surface area contributed by atoms with E-state index in [4.69, 9.17) is 15.7 Å². The van der Waals surface area contributed by atoms with Gasteiger partial charge in [-0.05, 0) is 33.6 Å². The van der Waals surface area contributed by atoms with Gasteiger partial charge in [-0.15, -0.1) is 5.11 Å². The van der Waals surface area contributed by atoms with Crippen LogP contribution in [0.1, 0.15) is 33.6 Å². The van der Waals surface area contributed by atoms with Gasteiger partial charge in [0.2, 0.25) is 0 Å². The SMILES string of the molecule is CC(C)(C)OC(=O)N1CCC(C(=N)N=N)CC1. The molecule has 0 unspecified atom stereocenters. The van der Waals surface area contributed by atoms with Gasteiger partial charge in [0.25, 0.3) is 0 Å². The Bertz CT molecular complexity index is 314. The maximum Gasteiger partial charge on any atom is 0.410 e. The molecule has 1 aliphatic rings. The topological polar surface area (TPSA) is 89.6 Å². The Kier molecular flexibility index (Phi) is 4.20. The second kappa shape index (κ2) is 5.25. The molecule has 0 atom stereocenters. The smallest absolute Gasteiger partial charge is 0.410 e. The molecule has 17 heavy (non-hydrogen) atoms. The summed E-state index contributed by atoms with van der Waals surface area (Å²) in [6.07, 6.45) is 1.06. The summed E-state index contributed by atoms with van der Waals surface area (Å²) in [5.74, 6) is 0.111. The minimum atomic E-state index is -0.475. The average Bonchev–Trinajstić information content (AvgIpc) is 2.26. The lowest BCUT2D eigenvalue weighted by atomic mass is 9.96. The molecule has 1 aliphatic heterocycles. The Hall–Kier alpha value is -1.46. The van der Waals surface area contributed by atoms with E-state index in [0.717, 1.165) is 0 Å². The molecule has 1 fully saturated rings. The average molecular weight is 240 g/mol. The molecule has 0 aromatic rings. The molecular weight excluding hydrogens is 220 g/mol. The highest BCUT2D eigenvalue weighted by Crippen LogP contribution is 2.20. The van der Waals surface area contributed by atoms with E-state index >= 15 is 0 Å². The van der Waals surface area contributed by atoms with Gasteiger partial charge in [-0.3, -0.25) is 5.41 Å². The summed E-state index contributed by atoms with van der Waals surface area (Å²) in [6, 6.07) is 0. The summed E-state index contributed by atoms with van der Waals surface area (Å²) in [5.41, 5.74) is 6.32. The van der Waals surface area contributed by atoms with Crippen LogP contribution in [0.3, 0.4) is 0 Å². The molecule has 1 heterocycles. The summed E-state index contributed by atoms with van der Waals surface area (Å²) in [6.45, 7) is 6.65. The predicted molar refractivity (Wildman–Crippen MR) is 63.4 cm³/mol. The predicted octanol–water partition coefficient (Wildman–Crippen LogP) is 2.64. The molecule has 1 amide bonds. The number of piperidine rings is 1. The molecular formula is C11H20N4O2. The molecule has 1 saturated heterocycles. The number of amides is 1. The number of amidine groups is 1. The van der Waals surface area contributed by atoms with Crippen LogP contribution in [0, 0.1) is 16.9 Å². The van der Waals surface area contributed by atoms with Gasteiger partial charge >= 0.3 is 6.09 Å². The standard InChI is InChI=1S/C11H20N4O2/c1-11(2,3)17-10(16)15-6-4-8(5-7-15)9(12)14-13/h8,12-13H,4-7H2,1-3H3. The number of likely N-dealkylation sites (tertiary alicyclic amines) is 1. The fourth-order valence-corrected chi connectivity index (χ4v) is 1.75. The first-order valence-electron chi connectivity index (χ1n) is 5.77. The largest absolute Gasteiger partial charge is 0.444 e. The van der Waals surface area contributed by atoms with Gasteiger partial charge in [0, 0.05) is 19.0 Å². The van der Waals surface area contributed by atoms with Gasteiger partial charge in [0.1, 0.15) is 11.4 Å². The van der Waals surface area contributed by atoms with E-state index in [9.17, 15) is 4.79 Å². The molecule has 0 aromatic heterocycles. The van der Waals surface area contributed by atoms with Crippen molar-refractivity contribution in [3.05, 3.63) is 0 Å². The minimum absolute atomic E-state index is 0.00573. The number of nitrogens with one attached hydrogen (secondary N) is 2. The Labute approximate surface area is 101 Å². The van der Waals surface area contributed by atoms with Crippen molar-refractivity contribution in [3.63, 3.8) is 0 Å². The third kappa shape index (κ3) is 4.13. The summed E-state index contributed by atoms with van der Waals surface area (Å²) >= 11 is 0. The highest BCUT2D eigenvalue weighted by molar-refractivity contribution is 5.81. The number of carbonyl (C=O) groups is 1. The first-order valence-corrected chi connectivity index (χ1v) is 5.77. The van der Waals surface area contributed by atoms with E-state index in [2.05, 4.69) is 5.11 Å². The highest BCUT2D eigenvalue weighted by atomic mass is 16.6. The van der Waals surface area contributed by atoms with Crippen LogP contribution in [0.15, 0.2) is 5.11 Å². The zero-order valence-corrected chi connectivity index (χ0v) is 10.6. The van der Waals surface area contributed by atoms with Crippen molar-refractivity contribution >= 4 is 11.9 Å². The van der Waals surface area contributed by atoms with E-state index < -0.39 is 5.60 Å². The summed E-state index contributed by atoms with van der Waals surface area (Å²) in [4.78, 5) is 13.4. The molecule has 0 aromatic carbocycles. The minimum Gasteiger partial charge on any atom is -0.444 e. The Morgan fingerprint density at radius 2 is 1.88 bits per heavy atom. The molecule has 2 N–H and O–H groups in total. The lowest BCUT2D eigenvalue weighted by molar-refractivity contribution is 0.0201. The number of hydrogen-bond donors (Lipinski definition) is 2. The van der Waals surface area contributed by atoms with Crippen molar-refractivity contribution in [3.8, 4) is 0 Å².